The Morgan fingerprint density at radius 3 is 2.55 bits per heavy atom. The number of aryl methyl sites for hydroxylation is 1. The van der Waals surface area contributed by atoms with E-state index in [0.29, 0.717) is 11.4 Å². The normalized spacial score (nSPS) is 11.6. The summed E-state index contributed by atoms with van der Waals surface area (Å²) in [6.07, 6.45) is -0.838. The maximum absolute atomic E-state index is 12.3. The van der Waals surface area contributed by atoms with Crippen LogP contribution < -0.4 is 21.1 Å². The predicted octanol–water partition coefficient (Wildman–Crippen LogP) is 2.95. The van der Waals surface area contributed by atoms with Crippen molar-refractivity contribution in [3.05, 3.63) is 74.9 Å². The van der Waals surface area contributed by atoms with Crippen molar-refractivity contribution in [2.45, 2.75) is 26.9 Å². The molecule has 1 aromatic carbocycles. The Hall–Kier alpha value is -3.39. The molecule has 2 amide bonds. The molecule has 1 unspecified atom stereocenters. The van der Waals surface area contributed by atoms with Crippen molar-refractivity contribution in [2.75, 3.05) is 0 Å². The largest absolute Gasteiger partial charge is 0.481 e. The van der Waals surface area contributed by atoms with Gasteiger partial charge in [0.15, 0.2) is 6.10 Å². The van der Waals surface area contributed by atoms with E-state index in [1.165, 1.54) is 17.4 Å². The highest BCUT2D eigenvalue weighted by molar-refractivity contribution is 7.13. The number of ether oxygens (including phenoxy) is 1. The maximum Gasteiger partial charge on any atom is 0.279 e. The summed E-state index contributed by atoms with van der Waals surface area (Å²) in [4.78, 5) is 40.3. The molecule has 0 aliphatic carbocycles. The molecule has 8 heteroatoms. The number of carbonyl (C=O) groups is 2. The lowest BCUT2D eigenvalue weighted by atomic mass is 10.1. The lowest BCUT2D eigenvalue weighted by molar-refractivity contribution is -0.128. The zero-order chi connectivity index (χ0) is 21.0. The molecule has 0 radical (unpaired) electrons. The van der Waals surface area contributed by atoms with Crippen LogP contribution in [0.3, 0.4) is 0 Å². The number of thiophene rings is 1. The fraction of sp³-hybridized carbons (Fsp3) is 0.190. The highest BCUT2D eigenvalue weighted by Gasteiger charge is 2.18. The molecule has 0 spiro atoms. The quantitative estimate of drug-likeness (QED) is 0.562. The second kappa shape index (κ2) is 8.74. The van der Waals surface area contributed by atoms with Crippen LogP contribution in [-0.2, 0) is 4.79 Å². The molecule has 0 aliphatic rings. The minimum atomic E-state index is -0.838. The Kier molecular flexibility index (Phi) is 6.13. The van der Waals surface area contributed by atoms with E-state index in [9.17, 15) is 14.4 Å². The molecular weight excluding hydrogens is 390 g/mol. The van der Waals surface area contributed by atoms with Gasteiger partial charge in [0.05, 0.1) is 10.6 Å². The summed E-state index contributed by atoms with van der Waals surface area (Å²) in [7, 11) is 0. The van der Waals surface area contributed by atoms with Crippen molar-refractivity contribution in [3.63, 3.8) is 0 Å². The first-order valence-corrected chi connectivity index (χ1v) is 9.85. The fourth-order valence-electron chi connectivity index (χ4n) is 2.61. The molecule has 0 aliphatic heterocycles. The first-order valence-electron chi connectivity index (χ1n) is 8.97. The summed E-state index contributed by atoms with van der Waals surface area (Å²) in [5.41, 5.74) is 6.51. The second-order valence-electron chi connectivity index (χ2n) is 6.49. The van der Waals surface area contributed by atoms with Crippen molar-refractivity contribution in [1.82, 2.24) is 15.8 Å². The minimum absolute atomic E-state index is 0.103. The number of aromatic amines is 1. The first kappa shape index (κ1) is 20.3. The Morgan fingerprint density at radius 1 is 1.07 bits per heavy atom. The van der Waals surface area contributed by atoms with E-state index >= 15 is 0 Å². The van der Waals surface area contributed by atoms with Crippen molar-refractivity contribution >= 4 is 23.2 Å². The number of carbonyl (C=O) groups excluding carboxylic acids is 2. The standard InChI is InChI=1S/C21H21N3O4S/c1-12-6-4-7-17(13(12)2)28-14(3)19(25)23-24-21(27)15-9-10-16(22-20(15)26)18-8-5-11-29-18/h4-11,14H,1-3H3,(H,22,26)(H,23,25)(H,24,27). The predicted molar refractivity (Wildman–Crippen MR) is 112 cm³/mol. The van der Waals surface area contributed by atoms with E-state index in [1.807, 2.05) is 43.5 Å². The second-order valence-corrected chi connectivity index (χ2v) is 7.44. The average molecular weight is 411 g/mol. The van der Waals surface area contributed by atoms with Crippen LogP contribution in [-0.4, -0.2) is 22.9 Å². The molecule has 3 aromatic rings. The first-order chi connectivity index (χ1) is 13.9. The number of nitrogens with one attached hydrogen (secondary N) is 3. The summed E-state index contributed by atoms with van der Waals surface area (Å²) in [5.74, 6) is -0.651. The number of hydrogen-bond acceptors (Lipinski definition) is 5. The highest BCUT2D eigenvalue weighted by atomic mass is 32.1. The number of rotatable bonds is 5. The summed E-state index contributed by atoms with van der Waals surface area (Å²) >= 11 is 1.48. The average Bonchev–Trinajstić information content (AvgIpc) is 3.24. The maximum atomic E-state index is 12.3. The number of benzene rings is 1. The SMILES string of the molecule is Cc1cccc(OC(C)C(=O)NNC(=O)c2ccc(-c3cccs3)[nH]c2=O)c1C. The van der Waals surface area contributed by atoms with Gasteiger partial charge in [-0.05, 0) is 61.5 Å². The van der Waals surface area contributed by atoms with Gasteiger partial charge in [0, 0.05) is 0 Å². The van der Waals surface area contributed by atoms with Crippen LogP contribution >= 0.6 is 11.3 Å². The van der Waals surface area contributed by atoms with Gasteiger partial charge in [0.2, 0.25) is 0 Å². The number of hydrazine groups is 1. The number of H-pyrrole nitrogens is 1. The van der Waals surface area contributed by atoms with Crippen LogP contribution in [0.25, 0.3) is 10.6 Å². The van der Waals surface area contributed by atoms with Gasteiger partial charge in [-0.1, -0.05) is 18.2 Å². The molecule has 1 atom stereocenters. The summed E-state index contributed by atoms with van der Waals surface area (Å²) in [5, 5.41) is 1.89. The van der Waals surface area contributed by atoms with E-state index in [0.717, 1.165) is 16.0 Å². The molecule has 2 heterocycles. The van der Waals surface area contributed by atoms with Crippen LogP contribution in [0, 0.1) is 13.8 Å². The van der Waals surface area contributed by atoms with Crippen molar-refractivity contribution in [1.29, 1.82) is 0 Å². The van der Waals surface area contributed by atoms with Gasteiger partial charge in [0.1, 0.15) is 11.3 Å². The molecule has 7 nitrogen and oxygen atoms in total. The molecule has 0 saturated carbocycles. The number of aromatic nitrogens is 1. The smallest absolute Gasteiger partial charge is 0.279 e. The van der Waals surface area contributed by atoms with Crippen molar-refractivity contribution < 1.29 is 14.3 Å². The molecule has 0 bridgehead atoms. The summed E-state index contributed by atoms with van der Waals surface area (Å²) in [6.45, 7) is 5.43. The molecule has 0 fully saturated rings. The molecule has 3 N–H and O–H groups in total. The van der Waals surface area contributed by atoms with E-state index in [-0.39, 0.29) is 5.56 Å². The lowest BCUT2D eigenvalue weighted by Gasteiger charge is -2.17. The van der Waals surface area contributed by atoms with Gasteiger partial charge in [-0.25, -0.2) is 0 Å². The number of hydrogen-bond donors (Lipinski definition) is 3. The Balaban J connectivity index is 1.60. The van der Waals surface area contributed by atoms with Crippen LogP contribution in [0.5, 0.6) is 5.75 Å². The number of pyridine rings is 1. The molecule has 2 aromatic heterocycles. The summed E-state index contributed by atoms with van der Waals surface area (Å²) < 4.78 is 5.68. The zero-order valence-corrected chi connectivity index (χ0v) is 17.1. The van der Waals surface area contributed by atoms with Crippen LogP contribution in [0.1, 0.15) is 28.4 Å². The van der Waals surface area contributed by atoms with Gasteiger partial charge in [0.25, 0.3) is 17.4 Å². The third-order valence-electron chi connectivity index (χ3n) is 4.47. The molecule has 3 rings (SSSR count). The topological polar surface area (TPSA) is 100 Å². The molecule has 150 valence electrons. The van der Waals surface area contributed by atoms with E-state index < -0.39 is 23.5 Å². The van der Waals surface area contributed by atoms with E-state index in [1.54, 1.807) is 19.1 Å². The van der Waals surface area contributed by atoms with E-state index in [4.69, 9.17) is 4.74 Å². The molecule has 29 heavy (non-hydrogen) atoms. The van der Waals surface area contributed by atoms with Gasteiger partial charge in [-0.3, -0.25) is 25.2 Å². The zero-order valence-electron chi connectivity index (χ0n) is 16.2. The summed E-state index contributed by atoms with van der Waals surface area (Å²) in [6, 6.07) is 12.4. The highest BCUT2D eigenvalue weighted by Crippen LogP contribution is 2.22. The van der Waals surface area contributed by atoms with E-state index in [2.05, 4.69) is 15.8 Å². The molecular formula is C21H21N3O4S. The van der Waals surface area contributed by atoms with Gasteiger partial charge >= 0.3 is 0 Å². The Labute approximate surface area is 171 Å². The monoisotopic (exact) mass is 411 g/mol. The van der Waals surface area contributed by atoms with Crippen molar-refractivity contribution in [3.8, 4) is 16.3 Å². The Bertz CT molecular complexity index is 1090. The van der Waals surface area contributed by atoms with Gasteiger partial charge in [-0.15, -0.1) is 11.3 Å². The Morgan fingerprint density at radius 2 is 1.86 bits per heavy atom. The third kappa shape index (κ3) is 4.72. The third-order valence-corrected chi connectivity index (χ3v) is 5.37. The number of amides is 2. The van der Waals surface area contributed by atoms with Gasteiger partial charge in [-0.2, -0.15) is 0 Å². The molecule has 0 saturated heterocycles. The fourth-order valence-corrected chi connectivity index (χ4v) is 3.32. The lowest BCUT2D eigenvalue weighted by Crippen LogP contribution is -2.48. The minimum Gasteiger partial charge on any atom is -0.481 e. The van der Waals surface area contributed by atoms with Crippen LogP contribution in [0.4, 0.5) is 0 Å². The van der Waals surface area contributed by atoms with Gasteiger partial charge < -0.3 is 9.72 Å². The van der Waals surface area contributed by atoms with Crippen molar-refractivity contribution in [2.24, 2.45) is 0 Å². The van der Waals surface area contributed by atoms with Crippen LogP contribution in [0.15, 0.2) is 52.6 Å². The van der Waals surface area contributed by atoms with Crippen LogP contribution in [0.2, 0.25) is 0 Å².